The molecule has 0 saturated heterocycles. The van der Waals surface area contributed by atoms with E-state index < -0.39 is 10.8 Å². The van der Waals surface area contributed by atoms with Gasteiger partial charge in [-0.25, -0.2) is 0 Å². The smallest absolute Gasteiger partial charge is 0.0718 e. The third kappa shape index (κ3) is 7.59. The zero-order valence-corrected chi connectivity index (χ0v) is 46.8. The Morgan fingerprint density at radius 2 is 0.880 bits per heavy atom. The highest BCUT2D eigenvalue weighted by atomic mass is 14.5. The van der Waals surface area contributed by atoms with Crippen LogP contribution >= 0.6 is 0 Å². The molecule has 0 amide bonds. The molecule has 1 spiro atoms. The molecular formula is C83H62. The molecule has 0 fully saturated rings. The molecule has 3 atom stereocenters. The van der Waals surface area contributed by atoms with Gasteiger partial charge in [-0.05, 0) is 188 Å². The summed E-state index contributed by atoms with van der Waals surface area (Å²) in [6, 6.07) is 104. The average molecular weight is 1060 g/mol. The second-order valence-electron chi connectivity index (χ2n) is 23.7. The summed E-state index contributed by atoms with van der Waals surface area (Å²) in [4.78, 5) is 0. The van der Waals surface area contributed by atoms with Gasteiger partial charge in [0.1, 0.15) is 0 Å². The van der Waals surface area contributed by atoms with Crippen LogP contribution in [0.25, 0.3) is 66.1 Å². The van der Waals surface area contributed by atoms with Crippen LogP contribution in [0.4, 0.5) is 0 Å². The molecule has 4 aliphatic rings. The molecule has 0 aliphatic heterocycles. The molecule has 0 N–H and O–H groups in total. The number of fused-ring (bicyclic) bond motifs is 14. The minimum Gasteiger partial charge on any atom is -0.0761 e. The van der Waals surface area contributed by atoms with Gasteiger partial charge in [0, 0.05) is 0 Å². The maximum absolute atomic E-state index is 2.53. The van der Waals surface area contributed by atoms with Crippen LogP contribution in [0.3, 0.4) is 0 Å². The SMILES string of the molecule is CC1\C=C(c2c3ccccc3c(-c3ccc4c(c3)C(c3ccccc3)(c3ccccc3)c3ccccc3-4)c3ccccc23)/C=C\C(c2ccc3c(c2)-c2ccccc2C32c3ccccc3CC(CCc3ccccc3)c3ccccc32)=C\C1. The van der Waals surface area contributed by atoms with E-state index in [2.05, 4.69) is 304 Å². The normalized spacial score (nSPS) is 19.6. The number of rotatable bonds is 8. The molecule has 0 heterocycles. The predicted molar refractivity (Wildman–Crippen MR) is 348 cm³/mol. The third-order valence-electron chi connectivity index (χ3n) is 19.3. The lowest BCUT2D eigenvalue weighted by atomic mass is 9.66. The van der Waals surface area contributed by atoms with E-state index in [0.29, 0.717) is 11.8 Å². The van der Waals surface area contributed by atoms with Crippen LogP contribution in [0.15, 0.2) is 297 Å². The van der Waals surface area contributed by atoms with Crippen LogP contribution in [-0.2, 0) is 23.7 Å². The quantitative estimate of drug-likeness (QED) is 0.133. The number of aryl methyl sites for hydroxylation is 1. The Morgan fingerprint density at radius 3 is 1.57 bits per heavy atom. The van der Waals surface area contributed by atoms with Crippen LogP contribution in [0.1, 0.15) is 98.0 Å². The van der Waals surface area contributed by atoms with Gasteiger partial charge in [-0.2, -0.15) is 0 Å². The summed E-state index contributed by atoms with van der Waals surface area (Å²) in [6.07, 6.45) is 13.9. The average Bonchev–Trinajstić information content (AvgIpc) is 1.81. The number of benzene rings is 12. The number of allylic oxidation sites excluding steroid dienone is 6. The van der Waals surface area contributed by atoms with E-state index in [-0.39, 0.29) is 0 Å². The van der Waals surface area contributed by atoms with Crippen LogP contribution < -0.4 is 0 Å². The lowest BCUT2D eigenvalue weighted by molar-refractivity contribution is 0.620. The van der Waals surface area contributed by atoms with E-state index in [0.717, 1.165) is 25.7 Å². The monoisotopic (exact) mass is 1060 g/mol. The van der Waals surface area contributed by atoms with Gasteiger partial charge < -0.3 is 0 Å². The lowest BCUT2D eigenvalue weighted by Gasteiger charge is -2.35. The Balaban J connectivity index is 0.820. The van der Waals surface area contributed by atoms with E-state index in [4.69, 9.17) is 0 Å². The van der Waals surface area contributed by atoms with Gasteiger partial charge in [0.15, 0.2) is 0 Å². The lowest BCUT2D eigenvalue weighted by Crippen LogP contribution is -2.30. The molecule has 0 nitrogen and oxygen atoms in total. The van der Waals surface area contributed by atoms with Gasteiger partial charge in [0.25, 0.3) is 0 Å². The van der Waals surface area contributed by atoms with E-state index >= 15 is 0 Å². The van der Waals surface area contributed by atoms with Gasteiger partial charge in [0.2, 0.25) is 0 Å². The van der Waals surface area contributed by atoms with Gasteiger partial charge in [-0.15, -0.1) is 0 Å². The first-order valence-corrected chi connectivity index (χ1v) is 29.9. The number of hydrogen-bond donors (Lipinski definition) is 0. The molecule has 4 aliphatic carbocycles. The van der Waals surface area contributed by atoms with Gasteiger partial charge >= 0.3 is 0 Å². The Hall–Kier alpha value is -9.62. The molecule has 0 saturated carbocycles. The van der Waals surface area contributed by atoms with Crippen LogP contribution in [-0.4, -0.2) is 0 Å². The molecule has 394 valence electrons. The summed E-state index contributed by atoms with van der Waals surface area (Å²) in [6.45, 7) is 2.39. The van der Waals surface area contributed by atoms with Crippen molar-refractivity contribution in [3.8, 4) is 33.4 Å². The van der Waals surface area contributed by atoms with Crippen LogP contribution in [0, 0.1) is 5.92 Å². The fourth-order valence-corrected chi connectivity index (χ4v) is 15.8. The molecule has 16 rings (SSSR count). The van der Waals surface area contributed by atoms with Crippen molar-refractivity contribution in [3.05, 3.63) is 370 Å². The third-order valence-corrected chi connectivity index (χ3v) is 19.3. The minimum absolute atomic E-state index is 0.303. The van der Waals surface area contributed by atoms with Crippen molar-refractivity contribution in [2.75, 3.05) is 0 Å². The van der Waals surface area contributed by atoms with Crippen molar-refractivity contribution in [1.82, 2.24) is 0 Å². The Labute approximate surface area is 488 Å². The maximum Gasteiger partial charge on any atom is 0.0718 e. The molecule has 0 aromatic heterocycles. The Kier molecular flexibility index (Phi) is 11.8. The second kappa shape index (κ2) is 19.8. The van der Waals surface area contributed by atoms with Crippen LogP contribution in [0.5, 0.6) is 0 Å². The highest BCUT2D eigenvalue weighted by Gasteiger charge is 2.50. The molecule has 83 heavy (non-hydrogen) atoms. The van der Waals surface area contributed by atoms with E-state index in [1.54, 1.807) is 0 Å². The van der Waals surface area contributed by atoms with Crippen molar-refractivity contribution in [2.24, 2.45) is 5.92 Å². The molecule has 0 bridgehead atoms. The van der Waals surface area contributed by atoms with Crippen molar-refractivity contribution in [2.45, 2.75) is 49.4 Å². The first kappa shape index (κ1) is 49.2. The first-order chi connectivity index (χ1) is 41.1. The predicted octanol–water partition coefficient (Wildman–Crippen LogP) is 20.7. The Bertz CT molecular complexity index is 4530. The van der Waals surface area contributed by atoms with Gasteiger partial charge in [-0.1, -0.05) is 292 Å². The summed E-state index contributed by atoms with van der Waals surface area (Å²) in [5.74, 6) is 0.691. The van der Waals surface area contributed by atoms with Gasteiger partial charge in [-0.3, -0.25) is 0 Å². The standard InChI is InChI=1S/C83H62/c1-55-41-43-57(58-48-50-78-73(53-58)67-32-18-22-40-77(67)83(78)74-37-19-11-25-60(74)52-59(65-30-16-20-38-75(65)83)44-42-56-23-5-2-6-24-56)45-46-61(51-55)80-69-33-12-14-35-71(69)81(72-36-15-13-34-70(72)80)62-47-49-68-66-31-17-21-39-76(66)82(79(68)54-62,63-26-7-3-8-27-63)64-28-9-4-10-29-64/h2-40,43,45-51,53-55,59H,41-42,44,52H2,1H3/b46-45-,57-43-,61-51+. The molecule has 0 heteroatoms. The molecule has 12 aromatic rings. The molecule has 0 radical (unpaired) electrons. The molecule has 12 aromatic carbocycles. The summed E-state index contributed by atoms with van der Waals surface area (Å²) < 4.78 is 0. The zero-order valence-electron chi connectivity index (χ0n) is 46.8. The van der Waals surface area contributed by atoms with Crippen LogP contribution in [0.2, 0.25) is 0 Å². The van der Waals surface area contributed by atoms with Crippen molar-refractivity contribution in [1.29, 1.82) is 0 Å². The zero-order chi connectivity index (χ0) is 55.1. The summed E-state index contributed by atoms with van der Waals surface area (Å²) in [5, 5.41) is 5.05. The van der Waals surface area contributed by atoms with Gasteiger partial charge in [0.05, 0.1) is 10.8 Å². The Morgan fingerprint density at radius 1 is 0.373 bits per heavy atom. The maximum atomic E-state index is 2.53. The molecule has 3 unspecified atom stereocenters. The van der Waals surface area contributed by atoms with Crippen molar-refractivity contribution < 1.29 is 0 Å². The van der Waals surface area contributed by atoms with E-state index in [1.165, 1.54) is 138 Å². The summed E-state index contributed by atoms with van der Waals surface area (Å²) in [5.41, 5.74) is 27.0. The summed E-state index contributed by atoms with van der Waals surface area (Å²) >= 11 is 0. The highest BCUT2D eigenvalue weighted by molar-refractivity contribution is 6.20. The fourth-order valence-electron chi connectivity index (χ4n) is 15.8. The minimum atomic E-state index is -0.492. The molecular weight excluding hydrogens is 997 g/mol. The van der Waals surface area contributed by atoms with E-state index in [1.807, 2.05) is 0 Å². The first-order valence-electron chi connectivity index (χ1n) is 29.9. The topological polar surface area (TPSA) is 0 Å². The number of hydrogen-bond acceptors (Lipinski definition) is 0. The second-order valence-corrected chi connectivity index (χ2v) is 23.7. The van der Waals surface area contributed by atoms with E-state index in [9.17, 15) is 0 Å². The van der Waals surface area contributed by atoms with Crippen molar-refractivity contribution >= 4 is 32.7 Å². The van der Waals surface area contributed by atoms with Crippen molar-refractivity contribution in [3.63, 3.8) is 0 Å². The fraction of sp³-hybridized carbons (Fsp3) is 0.108. The summed E-state index contributed by atoms with van der Waals surface area (Å²) in [7, 11) is 0. The highest BCUT2D eigenvalue weighted by Crippen LogP contribution is 2.61. The largest absolute Gasteiger partial charge is 0.0761 e.